The van der Waals surface area contributed by atoms with Crippen molar-refractivity contribution in [2.45, 2.75) is 12.5 Å². The first-order chi connectivity index (χ1) is 11.8. The van der Waals surface area contributed by atoms with E-state index < -0.39 is 5.92 Å². The van der Waals surface area contributed by atoms with E-state index in [1.54, 1.807) is 24.4 Å². The minimum atomic E-state index is -0.529. The lowest BCUT2D eigenvalue weighted by Crippen LogP contribution is -2.30. The molecule has 4 heteroatoms. The van der Waals surface area contributed by atoms with Gasteiger partial charge in [-0.15, -0.1) is 0 Å². The molecule has 1 atom stereocenters. The van der Waals surface area contributed by atoms with E-state index in [1.807, 2.05) is 48.5 Å². The van der Waals surface area contributed by atoms with Crippen molar-refractivity contribution in [2.24, 2.45) is 0 Å². The summed E-state index contributed by atoms with van der Waals surface area (Å²) in [5.41, 5.74) is 1.97. The van der Waals surface area contributed by atoms with Crippen molar-refractivity contribution in [3.63, 3.8) is 0 Å². The van der Waals surface area contributed by atoms with Gasteiger partial charge in [0.05, 0.1) is 5.69 Å². The maximum atomic E-state index is 13.7. The Labute approximate surface area is 140 Å². The quantitative estimate of drug-likeness (QED) is 0.779. The number of benzene rings is 2. The van der Waals surface area contributed by atoms with Gasteiger partial charge in [0, 0.05) is 18.3 Å². The molecule has 3 nitrogen and oxygen atoms in total. The van der Waals surface area contributed by atoms with Crippen LogP contribution in [0, 0.1) is 5.82 Å². The number of hydrogen-bond donors (Lipinski definition) is 1. The number of rotatable bonds is 5. The summed E-state index contributed by atoms with van der Waals surface area (Å²) in [5.74, 6) is -1.06. The highest BCUT2D eigenvalue weighted by Gasteiger charge is 2.23. The van der Waals surface area contributed by atoms with Gasteiger partial charge < -0.3 is 5.32 Å². The standard InChI is InChI=1S/C20H17FN2O/c21-17-11-5-4-10-16(17)14-23-20(24)19(15-8-2-1-3-9-15)18-12-6-7-13-22-18/h1-13,19H,14H2,(H,23,24). The average Bonchev–Trinajstić information content (AvgIpc) is 2.63. The first-order valence-corrected chi connectivity index (χ1v) is 7.72. The molecule has 0 bridgehead atoms. The number of nitrogens with one attached hydrogen (secondary N) is 1. The molecule has 1 unspecified atom stereocenters. The summed E-state index contributed by atoms with van der Waals surface area (Å²) in [4.78, 5) is 17.1. The Hall–Kier alpha value is -3.01. The zero-order valence-electron chi connectivity index (χ0n) is 13.0. The van der Waals surface area contributed by atoms with Crippen LogP contribution in [-0.4, -0.2) is 10.9 Å². The van der Waals surface area contributed by atoms with Crippen molar-refractivity contribution >= 4 is 5.91 Å². The third kappa shape index (κ3) is 3.66. The predicted octanol–water partition coefficient (Wildman–Crippen LogP) is 3.67. The fraction of sp³-hybridized carbons (Fsp3) is 0.100. The smallest absolute Gasteiger partial charge is 0.233 e. The second kappa shape index (κ2) is 7.51. The molecular weight excluding hydrogens is 303 g/mol. The lowest BCUT2D eigenvalue weighted by atomic mass is 9.94. The maximum absolute atomic E-state index is 13.7. The molecular formula is C20H17FN2O. The Morgan fingerprint density at radius 1 is 0.958 bits per heavy atom. The van der Waals surface area contributed by atoms with Crippen LogP contribution in [-0.2, 0) is 11.3 Å². The molecule has 0 spiro atoms. The summed E-state index contributed by atoms with van der Waals surface area (Å²) in [7, 11) is 0. The second-order valence-electron chi connectivity index (χ2n) is 5.41. The van der Waals surface area contributed by atoms with Crippen LogP contribution < -0.4 is 5.32 Å². The van der Waals surface area contributed by atoms with Gasteiger partial charge in [0.25, 0.3) is 0 Å². The zero-order chi connectivity index (χ0) is 16.8. The number of nitrogens with zero attached hydrogens (tertiary/aromatic N) is 1. The molecule has 0 fully saturated rings. The van der Waals surface area contributed by atoms with Crippen molar-refractivity contribution in [3.05, 3.63) is 102 Å². The van der Waals surface area contributed by atoms with Crippen molar-refractivity contribution in [2.75, 3.05) is 0 Å². The molecule has 1 aromatic heterocycles. The minimum absolute atomic E-state index is 0.141. The van der Waals surface area contributed by atoms with Crippen LogP contribution in [0.2, 0.25) is 0 Å². The fourth-order valence-electron chi connectivity index (χ4n) is 2.57. The van der Waals surface area contributed by atoms with Gasteiger partial charge in [0.1, 0.15) is 11.7 Å². The highest BCUT2D eigenvalue weighted by Crippen LogP contribution is 2.23. The summed E-state index contributed by atoms with van der Waals surface area (Å²) >= 11 is 0. The molecule has 0 saturated heterocycles. The lowest BCUT2D eigenvalue weighted by Gasteiger charge is -2.17. The van der Waals surface area contributed by atoms with Crippen molar-refractivity contribution < 1.29 is 9.18 Å². The molecule has 1 N–H and O–H groups in total. The summed E-state index contributed by atoms with van der Waals surface area (Å²) < 4.78 is 13.7. The van der Waals surface area contributed by atoms with Gasteiger partial charge in [-0.3, -0.25) is 9.78 Å². The number of carbonyl (C=O) groups is 1. The Morgan fingerprint density at radius 2 is 1.67 bits per heavy atom. The van der Waals surface area contributed by atoms with Gasteiger partial charge in [-0.2, -0.15) is 0 Å². The van der Waals surface area contributed by atoms with Gasteiger partial charge in [-0.05, 0) is 23.8 Å². The van der Waals surface area contributed by atoms with Gasteiger partial charge in [-0.1, -0.05) is 54.6 Å². The van der Waals surface area contributed by atoms with Gasteiger partial charge >= 0.3 is 0 Å². The molecule has 0 saturated carbocycles. The summed E-state index contributed by atoms with van der Waals surface area (Å²) in [6.45, 7) is 0.141. The SMILES string of the molecule is O=C(NCc1ccccc1F)C(c1ccccc1)c1ccccn1. The molecule has 1 heterocycles. The molecule has 0 radical (unpaired) electrons. The molecule has 0 aliphatic rings. The summed E-state index contributed by atoms with van der Waals surface area (Å²) in [6, 6.07) is 21.3. The Balaban J connectivity index is 1.83. The minimum Gasteiger partial charge on any atom is -0.351 e. The van der Waals surface area contributed by atoms with E-state index >= 15 is 0 Å². The maximum Gasteiger partial charge on any atom is 0.233 e. The van der Waals surface area contributed by atoms with E-state index in [0.29, 0.717) is 11.3 Å². The van der Waals surface area contributed by atoms with Gasteiger partial charge in [0.15, 0.2) is 0 Å². The number of halogens is 1. The van der Waals surface area contributed by atoms with E-state index in [1.165, 1.54) is 6.07 Å². The molecule has 24 heavy (non-hydrogen) atoms. The third-order valence-electron chi connectivity index (χ3n) is 3.79. The number of amides is 1. The second-order valence-corrected chi connectivity index (χ2v) is 5.41. The van der Waals surface area contributed by atoms with E-state index in [2.05, 4.69) is 10.3 Å². The van der Waals surface area contributed by atoms with Crippen LogP contribution >= 0.6 is 0 Å². The highest BCUT2D eigenvalue weighted by molar-refractivity contribution is 5.86. The Kier molecular flexibility index (Phi) is 4.96. The predicted molar refractivity (Wildman–Crippen MR) is 90.8 cm³/mol. The molecule has 2 aromatic carbocycles. The van der Waals surface area contributed by atoms with E-state index in [0.717, 1.165) is 5.56 Å². The highest BCUT2D eigenvalue weighted by atomic mass is 19.1. The van der Waals surface area contributed by atoms with E-state index in [9.17, 15) is 9.18 Å². The third-order valence-corrected chi connectivity index (χ3v) is 3.79. The molecule has 0 aliphatic carbocycles. The van der Waals surface area contributed by atoms with Crippen LogP contribution in [0.25, 0.3) is 0 Å². The number of carbonyl (C=O) groups excluding carboxylic acids is 1. The van der Waals surface area contributed by atoms with E-state index in [4.69, 9.17) is 0 Å². The summed E-state index contributed by atoms with van der Waals surface area (Å²) in [5, 5.41) is 2.82. The number of hydrogen-bond acceptors (Lipinski definition) is 2. The monoisotopic (exact) mass is 320 g/mol. The lowest BCUT2D eigenvalue weighted by molar-refractivity contribution is -0.121. The Bertz CT molecular complexity index is 767. The molecule has 3 aromatic rings. The molecule has 0 aliphatic heterocycles. The molecule has 1 amide bonds. The van der Waals surface area contributed by atoms with Crippen molar-refractivity contribution in [3.8, 4) is 0 Å². The zero-order valence-corrected chi connectivity index (χ0v) is 13.0. The Morgan fingerprint density at radius 3 is 2.38 bits per heavy atom. The normalized spacial score (nSPS) is 11.7. The first kappa shape index (κ1) is 15.9. The van der Waals surface area contributed by atoms with E-state index in [-0.39, 0.29) is 18.3 Å². The van der Waals surface area contributed by atoms with Crippen LogP contribution in [0.3, 0.4) is 0 Å². The molecule has 3 rings (SSSR count). The summed E-state index contributed by atoms with van der Waals surface area (Å²) in [6.07, 6.45) is 1.66. The van der Waals surface area contributed by atoms with Gasteiger partial charge in [0.2, 0.25) is 5.91 Å². The first-order valence-electron chi connectivity index (χ1n) is 7.72. The topological polar surface area (TPSA) is 42.0 Å². The molecule has 120 valence electrons. The van der Waals surface area contributed by atoms with Crippen LogP contribution in [0.4, 0.5) is 4.39 Å². The van der Waals surface area contributed by atoms with Crippen LogP contribution in [0.1, 0.15) is 22.7 Å². The fourth-order valence-corrected chi connectivity index (χ4v) is 2.57. The van der Waals surface area contributed by atoms with Crippen molar-refractivity contribution in [1.29, 1.82) is 0 Å². The van der Waals surface area contributed by atoms with Crippen LogP contribution in [0.5, 0.6) is 0 Å². The van der Waals surface area contributed by atoms with Crippen LogP contribution in [0.15, 0.2) is 79.0 Å². The average molecular weight is 320 g/mol. The number of aromatic nitrogens is 1. The van der Waals surface area contributed by atoms with Crippen molar-refractivity contribution in [1.82, 2.24) is 10.3 Å². The largest absolute Gasteiger partial charge is 0.351 e. The van der Waals surface area contributed by atoms with Gasteiger partial charge in [-0.25, -0.2) is 4.39 Å². The number of pyridine rings is 1.